The van der Waals surface area contributed by atoms with Crippen molar-refractivity contribution in [2.45, 2.75) is 12.8 Å². The lowest BCUT2D eigenvalue weighted by atomic mass is 10.0. The molecule has 7 nitrogen and oxygen atoms in total. The summed E-state index contributed by atoms with van der Waals surface area (Å²) in [5.41, 5.74) is 4.39. The molecule has 4 rings (SSSR count). The third-order valence-electron chi connectivity index (χ3n) is 4.52. The van der Waals surface area contributed by atoms with E-state index in [4.69, 9.17) is 0 Å². The molecule has 1 aliphatic rings. The maximum Gasteiger partial charge on any atom is 0.251 e. The van der Waals surface area contributed by atoms with Crippen LogP contribution >= 0.6 is 0 Å². The van der Waals surface area contributed by atoms with Crippen LogP contribution < -0.4 is 10.6 Å². The van der Waals surface area contributed by atoms with Crippen molar-refractivity contribution in [3.8, 4) is 5.69 Å². The Hall–Kier alpha value is -3.48. The second-order valence-corrected chi connectivity index (χ2v) is 6.10. The van der Waals surface area contributed by atoms with Crippen LogP contribution in [-0.2, 0) is 11.2 Å². The van der Waals surface area contributed by atoms with Crippen LogP contribution in [0.5, 0.6) is 0 Å². The van der Waals surface area contributed by atoms with Crippen LogP contribution in [0, 0.1) is 0 Å². The van der Waals surface area contributed by atoms with Gasteiger partial charge in [0, 0.05) is 30.4 Å². The molecule has 0 saturated heterocycles. The highest BCUT2D eigenvalue weighted by Crippen LogP contribution is 2.28. The number of benzene rings is 2. The highest BCUT2D eigenvalue weighted by Gasteiger charge is 2.18. The smallest absolute Gasteiger partial charge is 0.251 e. The summed E-state index contributed by atoms with van der Waals surface area (Å²) in [4.78, 5) is 39.3. The van der Waals surface area contributed by atoms with Gasteiger partial charge in [-0.3, -0.25) is 19.0 Å². The molecule has 3 aromatic rings. The lowest BCUT2D eigenvalue weighted by molar-refractivity contribution is -0.116. The summed E-state index contributed by atoms with van der Waals surface area (Å²) in [7, 11) is 1.56. The van der Waals surface area contributed by atoms with Gasteiger partial charge in [-0.2, -0.15) is 0 Å². The van der Waals surface area contributed by atoms with E-state index in [1.165, 1.54) is 0 Å². The first kappa shape index (κ1) is 16.0. The molecular weight excluding hydrogens is 332 g/mol. The Bertz CT molecular complexity index is 1070. The van der Waals surface area contributed by atoms with E-state index in [0.29, 0.717) is 30.2 Å². The average molecular weight is 348 g/mol. The molecule has 1 aliphatic heterocycles. The lowest BCUT2D eigenvalue weighted by Gasteiger charge is -2.18. The Balaban J connectivity index is 1.87. The van der Waals surface area contributed by atoms with E-state index < -0.39 is 0 Å². The number of aryl methyl sites for hydroxylation is 1. The molecule has 2 aromatic carbocycles. The van der Waals surface area contributed by atoms with Crippen molar-refractivity contribution in [1.29, 1.82) is 0 Å². The summed E-state index contributed by atoms with van der Waals surface area (Å²) < 4.78 is 1.76. The molecule has 0 unspecified atom stereocenters. The van der Waals surface area contributed by atoms with Gasteiger partial charge in [-0.05, 0) is 48.4 Å². The van der Waals surface area contributed by atoms with Gasteiger partial charge in [-0.1, -0.05) is 0 Å². The quantitative estimate of drug-likeness (QED) is 0.709. The number of carbonyl (C=O) groups excluding carboxylic acids is 3. The molecule has 2 heterocycles. The van der Waals surface area contributed by atoms with Gasteiger partial charge in [-0.15, -0.1) is 0 Å². The largest absolute Gasteiger partial charge is 0.355 e. The molecule has 0 radical (unpaired) electrons. The third kappa shape index (κ3) is 2.54. The van der Waals surface area contributed by atoms with Crippen molar-refractivity contribution < 1.29 is 14.4 Å². The monoisotopic (exact) mass is 348 g/mol. The zero-order chi connectivity index (χ0) is 18.3. The van der Waals surface area contributed by atoms with E-state index in [0.717, 1.165) is 22.5 Å². The summed E-state index contributed by atoms with van der Waals surface area (Å²) in [6.07, 6.45) is 1.79. The maximum absolute atomic E-state index is 11.8. The molecule has 2 amide bonds. The van der Waals surface area contributed by atoms with Gasteiger partial charge in [0.25, 0.3) is 5.91 Å². The molecule has 0 bridgehead atoms. The van der Waals surface area contributed by atoms with Crippen LogP contribution in [0.2, 0.25) is 0 Å². The van der Waals surface area contributed by atoms with Gasteiger partial charge < -0.3 is 10.6 Å². The van der Waals surface area contributed by atoms with E-state index in [1.54, 1.807) is 29.8 Å². The van der Waals surface area contributed by atoms with Gasteiger partial charge in [0.2, 0.25) is 5.91 Å². The summed E-state index contributed by atoms with van der Waals surface area (Å²) >= 11 is 0. The summed E-state index contributed by atoms with van der Waals surface area (Å²) in [6, 6.07) is 10.8. The highest BCUT2D eigenvalue weighted by atomic mass is 16.2. The number of nitrogens with one attached hydrogen (secondary N) is 2. The number of hydrogen-bond donors (Lipinski definition) is 2. The normalized spacial score (nSPS) is 13.2. The number of aldehydes is 1. The van der Waals surface area contributed by atoms with Crippen molar-refractivity contribution in [3.05, 3.63) is 53.3 Å². The molecule has 0 saturated carbocycles. The fourth-order valence-electron chi connectivity index (χ4n) is 3.24. The Morgan fingerprint density at radius 3 is 2.85 bits per heavy atom. The van der Waals surface area contributed by atoms with Gasteiger partial charge in [0.05, 0.1) is 11.0 Å². The number of fused-ring (bicyclic) bond motifs is 2. The van der Waals surface area contributed by atoms with E-state index in [-0.39, 0.29) is 17.6 Å². The fourth-order valence-corrected chi connectivity index (χ4v) is 3.24. The number of aromatic nitrogens is 2. The van der Waals surface area contributed by atoms with E-state index in [1.807, 2.05) is 18.2 Å². The molecule has 0 aliphatic carbocycles. The predicted molar refractivity (Wildman–Crippen MR) is 96.8 cm³/mol. The molecule has 2 N–H and O–H groups in total. The molecule has 0 spiro atoms. The van der Waals surface area contributed by atoms with Crippen LogP contribution in [0.4, 0.5) is 5.69 Å². The first-order valence-electron chi connectivity index (χ1n) is 8.23. The number of rotatable bonds is 3. The lowest BCUT2D eigenvalue weighted by Crippen LogP contribution is -2.19. The molecule has 26 heavy (non-hydrogen) atoms. The first-order valence-corrected chi connectivity index (χ1v) is 8.23. The van der Waals surface area contributed by atoms with Crippen LogP contribution in [0.3, 0.4) is 0 Å². The van der Waals surface area contributed by atoms with Crippen molar-refractivity contribution in [2.24, 2.45) is 0 Å². The SMILES string of the molecule is CNC(=O)c1ccc2c(c1)nc(C=O)n2-c1ccc2c(c1)CCC(=O)N2. The molecular formula is C19H16N4O3. The average Bonchev–Trinajstić information content (AvgIpc) is 3.04. The zero-order valence-electron chi connectivity index (χ0n) is 14.1. The van der Waals surface area contributed by atoms with Crippen LogP contribution in [0.1, 0.15) is 33.0 Å². The maximum atomic E-state index is 11.8. The topological polar surface area (TPSA) is 93.1 Å². The van der Waals surface area contributed by atoms with E-state index in [9.17, 15) is 14.4 Å². The predicted octanol–water partition coefficient (Wildman–Crippen LogP) is 2.08. The third-order valence-corrected chi connectivity index (χ3v) is 4.52. The minimum atomic E-state index is -0.210. The van der Waals surface area contributed by atoms with E-state index >= 15 is 0 Å². The van der Waals surface area contributed by atoms with Crippen molar-refractivity contribution in [1.82, 2.24) is 14.9 Å². The van der Waals surface area contributed by atoms with Gasteiger partial charge >= 0.3 is 0 Å². The Morgan fingerprint density at radius 2 is 2.08 bits per heavy atom. The van der Waals surface area contributed by atoms with Gasteiger partial charge in [0.1, 0.15) is 0 Å². The van der Waals surface area contributed by atoms with E-state index in [2.05, 4.69) is 15.6 Å². The number of amides is 2. The number of imidazole rings is 1. The number of carbonyl (C=O) groups is 3. The molecule has 130 valence electrons. The Morgan fingerprint density at radius 1 is 1.23 bits per heavy atom. The van der Waals surface area contributed by atoms with Crippen LogP contribution in [-0.4, -0.2) is 34.7 Å². The first-order chi connectivity index (χ1) is 12.6. The standard InChI is InChI=1S/C19H16N4O3/c1-20-19(26)12-2-6-16-15(9-12)21-17(10-24)23(16)13-4-5-14-11(8-13)3-7-18(25)22-14/h2,4-6,8-10H,3,7H2,1H3,(H,20,26)(H,22,25). The fraction of sp³-hybridized carbons (Fsp3) is 0.158. The second kappa shape index (κ2) is 6.11. The number of anilines is 1. The Labute approximate surface area is 149 Å². The summed E-state index contributed by atoms with van der Waals surface area (Å²) in [6.45, 7) is 0. The minimum absolute atomic E-state index is 0.00800. The second-order valence-electron chi connectivity index (χ2n) is 6.10. The summed E-state index contributed by atoms with van der Waals surface area (Å²) in [5.74, 6) is 0.0566. The zero-order valence-corrected chi connectivity index (χ0v) is 14.1. The van der Waals surface area contributed by atoms with Crippen molar-refractivity contribution >= 4 is 34.8 Å². The van der Waals surface area contributed by atoms with Crippen molar-refractivity contribution in [2.75, 3.05) is 12.4 Å². The molecule has 1 aromatic heterocycles. The molecule has 0 atom stereocenters. The number of nitrogens with zero attached hydrogens (tertiary/aromatic N) is 2. The van der Waals surface area contributed by atoms with Gasteiger partial charge in [0.15, 0.2) is 12.1 Å². The minimum Gasteiger partial charge on any atom is -0.355 e. The molecule has 7 heteroatoms. The van der Waals surface area contributed by atoms with Gasteiger partial charge in [-0.25, -0.2) is 4.98 Å². The van der Waals surface area contributed by atoms with Crippen molar-refractivity contribution in [3.63, 3.8) is 0 Å². The molecule has 0 fully saturated rings. The van der Waals surface area contributed by atoms with Crippen LogP contribution in [0.15, 0.2) is 36.4 Å². The van der Waals surface area contributed by atoms with Crippen LogP contribution in [0.25, 0.3) is 16.7 Å². The summed E-state index contributed by atoms with van der Waals surface area (Å²) in [5, 5.41) is 5.42. The number of hydrogen-bond acceptors (Lipinski definition) is 4. The highest BCUT2D eigenvalue weighted by molar-refractivity contribution is 5.98. The Kier molecular flexibility index (Phi) is 3.76.